The quantitative estimate of drug-likeness (QED) is 0.914. The molecule has 1 amide bonds. The molecule has 2 aromatic rings. The monoisotopic (exact) mass is 314 g/mol. The molecule has 6 nitrogen and oxygen atoms in total. The smallest absolute Gasteiger partial charge is 0.258 e. The van der Waals surface area contributed by atoms with E-state index in [1.165, 1.54) is 0 Å². The summed E-state index contributed by atoms with van der Waals surface area (Å²) < 4.78 is 7.03. The lowest BCUT2D eigenvalue weighted by Crippen LogP contribution is -2.29. The molecule has 0 unspecified atom stereocenters. The summed E-state index contributed by atoms with van der Waals surface area (Å²) in [5.41, 5.74) is 0. The fraction of sp³-hybridized carbons (Fsp3) is 0.250. The number of amides is 1. The molecule has 0 atom stereocenters. The van der Waals surface area contributed by atoms with Crippen molar-refractivity contribution in [2.45, 2.75) is 6.54 Å². The maximum atomic E-state index is 11.6. The van der Waals surface area contributed by atoms with Crippen LogP contribution in [0.15, 0.2) is 24.5 Å². The van der Waals surface area contributed by atoms with Gasteiger partial charge in [-0.15, -0.1) is 10.2 Å². The average Bonchev–Trinajstić information content (AvgIpc) is 2.83. The van der Waals surface area contributed by atoms with Crippen LogP contribution in [-0.4, -0.2) is 27.3 Å². The molecule has 0 radical (unpaired) electrons. The number of ether oxygens (including phenoxy) is 1. The topological polar surface area (TPSA) is 69.0 Å². The standard InChI is InChI=1S/C12H12Cl2N4O2/c1-18-7-16-17-11(18)5-15-12(19)6-20-10-4-8(13)2-3-9(10)14/h2-4,7H,5-6H2,1H3,(H,15,19). The normalized spacial score (nSPS) is 10.3. The van der Waals surface area contributed by atoms with E-state index in [-0.39, 0.29) is 19.1 Å². The molecular formula is C12H12Cl2N4O2. The van der Waals surface area contributed by atoms with E-state index in [0.717, 1.165) is 0 Å². The summed E-state index contributed by atoms with van der Waals surface area (Å²) >= 11 is 11.7. The summed E-state index contributed by atoms with van der Waals surface area (Å²) in [5, 5.41) is 11.1. The Morgan fingerprint density at radius 1 is 1.45 bits per heavy atom. The summed E-state index contributed by atoms with van der Waals surface area (Å²) in [7, 11) is 1.80. The summed E-state index contributed by atoms with van der Waals surface area (Å²) in [6.45, 7) is 0.125. The Morgan fingerprint density at radius 2 is 2.25 bits per heavy atom. The van der Waals surface area contributed by atoms with E-state index < -0.39 is 0 Å². The Hall–Kier alpha value is -1.79. The second-order valence-corrected chi connectivity index (χ2v) is 4.84. The Bertz CT molecular complexity index is 615. The van der Waals surface area contributed by atoms with Crippen LogP contribution in [0.25, 0.3) is 0 Å². The molecule has 0 aliphatic carbocycles. The largest absolute Gasteiger partial charge is 0.482 e. The number of nitrogens with one attached hydrogen (secondary N) is 1. The van der Waals surface area contributed by atoms with Gasteiger partial charge in [-0.2, -0.15) is 0 Å². The molecule has 0 saturated heterocycles. The summed E-state index contributed by atoms with van der Waals surface area (Å²) in [5.74, 6) is 0.733. The first-order valence-corrected chi connectivity index (χ1v) is 6.49. The molecule has 0 aliphatic rings. The van der Waals surface area contributed by atoms with E-state index in [9.17, 15) is 4.79 Å². The first-order valence-electron chi connectivity index (χ1n) is 5.73. The summed E-state index contributed by atoms with van der Waals surface area (Å²) in [6.07, 6.45) is 1.56. The van der Waals surface area contributed by atoms with Gasteiger partial charge in [-0.25, -0.2) is 0 Å². The number of hydrogen-bond acceptors (Lipinski definition) is 4. The zero-order valence-corrected chi connectivity index (χ0v) is 12.1. The van der Waals surface area contributed by atoms with Crippen molar-refractivity contribution >= 4 is 29.1 Å². The molecule has 0 aliphatic heterocycles. The van der Waals surface area contributed by atoms with Gasteiger partial charge in [-0.3, -0.25) is 4.79 Å². The van der Waals surface area contributed by atoms with Crippen LogP contribution in [0.4, 0.5) is 0 Å². The van der Waals surface area contributed by atoms with Crippen LogP contribution >= 0.6 is 23.2 Å². The van der Waals surface area contributed by atoms with Crippen molar-refractivity contribution < 1.29 is 9.53 Å². The van der Waals surface area contributed by atoms with Crippen molar-refractivity contribution in [3.8, 4) is 5.75 Å². The highest BCUT2D eigenvalue weighted by molar-refractivity contribution is 6.34. The molecule has 1 heterocycles. The van der Waals surface area contributed by atoms with Crippen LogP contribution in [-0.2, 0) is 18.4 Å². The number of rotatable bonds is 5. The minimum absolute atomic E-state index is 0.155. The lowest BCUT2D eigenvalue weighted by molar-refractivity contribution is -0.123. The zero-order chi connectivity index (χ0) is 14.5. The minimum Gasteiger partial charge on any atom is -0.482 e. The van der Waals surface area contributed by atoms with Crippen LogP contribution < -0.4 is 10.1 Å². The Balaban J connectivity index is 1.83. The third kappa shape index (κ3) is 3.85. The van der Waals surface area contributed by atoms with Gasteiger partial charge in [0.2, 0.25) is 0 Å². The molecular weight excluding hydrogens is 303 g/mol. The van der Waals surface area contributed by atoms with Gasteiger partial charge in [0.25, 0.3) is 5.91 Å². The van der Waals surface area contributed by atoms with Gasteiger partial charge < -0.3 is 14.6 Å². The number of aryl methyl sites for hydroxylation is 1. The molecule has 0 bridgehead atoms. The van der Waals surface area contributed by atoms with E-state index in [4.69, 9.17) is 27.9 Å². The van der Waals surface area contributed by atoms with E-state index in [2.05, 4.69) is 15.5 Å². The van der Waals surface area contributed by atoms with E-state index in [0.29, 0.717) is 21.6 Å². The lowest BCUT2D eigenvalue weighted by Gasteiger charge is -2.08. The number of hydrogen-bond donors (Lipinski definition) is 1. The second kappa shape index (κ2) is 6.58. The number of nitrogens with zero attached hydrogens (tertiary/aromatic N) is 3. The fourth-order valence-corrected chi connectivity index (χ4v) is 1.76. The van der Waals surface area contributed by atoms with Gasteiger partial charge in [0.05, 0.1) is 11.6 Å². The minimum atomic E-state index is -0.288. The van der Waals surface area contributed by atoms with Crippen molar-refractivity contribution in [3.05, 3.63) is 40.4 Å². The molecule has 20 heavy (non-hydrogen) atoms. The molecule has 106 valence electrons. The number of carbonyl (C=O) groups is 1. The number of aromatic nitrogens is 3. The first-order chi connectivity index (χ1) is 9.56. The highest BCUT2D eigenvalue weighted by Gasteiger charge is 2.08. The van der Waals surface area contributed by atoms with Gasteiger partial charge in [0.1, 0.15) is 12.1 Å². The first kappa shape index (κ1) is 14.6. The van der Waals surface area contributed by atoms with Crippen LogP contribution in [0.1, 0.15) is 5.82 Å². The van der Waals surface area contributed by atoms with E-state index >= 15 is 0 Å². The van der Waals surface area contributed by atoms with Crippen LogP contribution in [0.5, 0.6) is 5.75 Å². The van der Waals surface area contributed by atoms with Crippen LogP contribution in [0.3, 0.4) is 0 Å². The zero-order valence-electron chi connectivity index (χ0n) is 10.6. The third-order valence-electron chi connectivity index (χ3n) is 2.50. The van der Waals surface area contributed by atoms with Crippen LogP contribution in [0, 0.1) is 0 Å². The number of benzene rings is 1. The SMILES string of the molecule is Cn1cnnc1CNC(=O)COc1cc(Cl)ccc1Cl. The third-order valence-corrected chi connectivity index (χ3v) is 3.05. The summed E-state index contributed by atoms with van der Waals surface area (Å²) in [4.78, 5) is 11.6. The number of halogens is 2. The van der Waals surface area contributed by atoms with E-state index in [1.807, 2.05) is 0 Å². The van der Waals surface area contributed by atoms with Gasteiger partial charge >= 0.3 is 0 Å². The van der Waals surface area contributed by atoms with Crippen molar-refractivity contribution in [1.29, 1.82) is 0 Å². The second-order valence-electron chi connectivity index (χ2n) is 4.00. The van der Waals surface area contributed by atoms with Crippen molar-refractivity contribution in [1.82, 2.24) is 20.1 Å². The van der Waals surface area contributed by atoms with Crippen molar-refractivity contribution in [3.63, 3.8) is 0 Å². The maximum absolute atomic E-state index is 11.6. The van der Waals surface area contributed by atoms with Gasteiger partial charge in [-0.05, 0) is 12.1 Å². The summed E-state index contributed by atoms with van der Waals surface area (Å²) in [6, 6.07) is 4.81. The van der Waals surface area contributed by atoms with Gasteiger partial charge in [-0.1, -0.05) is 23.2 Å². The highest BCUT2D eigenvalue weighted by Crippen LogP contribution is 2.27. The van der Waals surface area contributed by atoms with Gasteiger partial charge in [0, 0.05) is 18.1 Å². The number of carbonyl (C=O) groups excluding carboxylic acids is 1. The molecule has 1 aromatic heterocycles. The molecule has 1 N–H and O–H groups in total. The van der Waals surface area contributed by atoms with Gasteiger partial charge in [0.15, 0.2) is 12.4 Å². The molecule has 1 aromatic carbocycles. The molecule has 2 rings (SSSR count). The molecule has 0 spiro atoms. The predicted octanol–water partition coefficient (Wildman–Crippen LogP) is 1.82. The Morgan fingerprint density at radius 3 is 2.95 bits per heavy atom. The van der Waals surface area contributed by atoms with Crippen molar-refractivity contribution in [2.24, 2.45) is 7.05 Å². The fourth-order valence-electron chi connectivity index (χ4n) is 1.43. The maximum Gasteiger partial charge on any atom is 0.258 e. The Labute approximate surface area is 125 Å². The molecule has 0 fully saturated rings. The predicted molar refractivity (Wildman–Crippen MR) is 74.8 cm³/mol. The van der Waals surface area contributed by atoms with Crippen LogP contribution in [0.2, 0.25) is 10.0 Å². The average molecular weight is 315 g/mol. The molecule has 0 saturated carbocycles. The highest BCUT2D eigenvalue weighted by atomic mass is 35.5. The van der Waals surface area contributed by atoms with E-state index in [1.54, 1.807) is 36.1 Å². The van der Waals surface area contributed by atoms with Crippen molar-refractivity contribution in [2.75, 3.05) is 6.61 Å². The Kier molecular flexibility index (Phi) is 4.81. The lowest BCUT2D eigenvalue weighted by atomic mass is 10.3. The molecule has 8 heteroatoms.